The maximum atomic E-state index is 11.6. The molecule has 2 heterocycles. The van der Waals surface area contributed by atoms with Gasteiger partial charge >= 0.3 is 0 Å². The number of nitrogens with zero attached hydrogens (tertiary/aromatic N) is 1. The highest BCUT2D eigenvalue weighted by Gasteiger charge is 2.08. The fourth-order valence-corrected chi connectivity index (χ4v) is 2.92. The Morgan fingerprint density at radius 2 is 2.11 bits per heavy atom. The molecule has 0 unspecified atom stereocenters. The van der Waals surface area contributed by atoms with Crippen molar-refractivity contribution < 1.29 is 4.79 Å². The minimum Gasteiger partial charge on any atom is -0.354 e. The van der Waals surface area contributed by atoms with E-state index >= 15 is 0 Å². The van der Waals surface area contributed by atoms with Crippen LogP contribution in [0.4, 0.5) is 0 Å². The number of carbonyl (C=O) groups is 1. The number of nitrogens with one attached hydrogen (secondary N) is 1. The number of fused-ring (bicyclic) bond motifs is 1. The normalized spacial score (nSPS) is 10.6. The smallest absolute Gasteiger partial charge is 0.261 e. The molecule has 3 nitrogen and oxygen atoms in total. The predicted octanol–water partition coefficient (Wildman–Crippen LogP) is 3.32. The summed E-state index contributed by atoms with van der Waals surface area (Å²) in [7, 11) is 1.64. The minimum absolute atomic E-state index is 0.0429. The van der Waals surface area contributed by atoms with Gasteiger partial charge in [-0.15, -0.1) is 11.3 Å². The van der Waals surface area contributed by atoms with E-state index in [4.69, 9.17) is 0 Å². The molecule has 94 valence electrons. The maximum Gasteiger partial charge on any atom is 0.261 e. The van der Waals surface area contributed by atoms with Crippen LogP contribution in [-0.2, 0) is 0 Å². The van der Waals surface area contributed by atoms with Gasteiger partial charge in [-0.05, 0) is 35.9 Å². The molecule has 3 aromatic rings. The molecule has 0 spiro atoms. The van der Waals surface area contributed by atoms with E-state index in [0.717, 1.165) is 26.2 Å². The molecular weight excluding hydrogens is 256 g/mol. The summed E-state index contributed by atoms with van der Waals surface area (Å²) >= 11 is 1.49. The van der Waals surface area contributed by atoms with Crippen LogP contribution in [0.1, 0.15) is 9.67 Å². The summed E-state index contributed by atoms with van der Waals surface area (Å²) in [5.74, 6) is -0.0429. The van der Waals surface area contributed by atoms with Crippen molar-refractivity contribution in [3.05, 3.63) is 53.5 Å². The van der Waals surface area contributed by atoms with E-state index in [9.17, 15) is 4.79 Å². The molecule has 0 radical (unpaired) electrons. The molecule has 0 bridgehead atoms. The summed E-state index contributed by atoms with van der Waals surface area (Å²) in [6, 6.07) is 13.9. The highest BCUT2D eigenvalue weighted by Crippen LogP contribution is 2.30. The van der Waals surface area contributed by atoms with E-state index in [1.165, 1.54) is 11.3 Å². The van der Waals surface area contributed by atoms with Crippen LogP contribution in [0, 0.1) is 0 Å². The molecule has 0 saturated carbocycles. The first kappa shape index (κ1) is 11.9. The van der Waals surface area contributed by atoms with Gasteiger partial charge in [0.1, 0.15) is 0 Å². The van der Waals surface area contributed by atoms with Gasteiger partial charge in [-0.3, -0.25) is 9.78 Å². The first-order valence-corrected chi connectivity index (χ1v) is 6.76. The molecule has 19 heavy (non-hydrogen) atoms. The number of rotatable bonds is 2. The zero-order chi connectivity index (χ0) is 13.2. The Labute approximate surface area is 114 Å². The SMILES string of the molecule is CNC(=O)c1ccc(-c2ccc3ncccc3c2)s1. The quantitative estimate of drug-likeness (QED) is 0.774. The highest BCUT2D eigenvalue weighted by atomic mass is 32.1. The second kappa shape index (κ2) is 4.82. The van der Waals surface area contributed by atoms with Crippen molar-refractivity contribution in [3.63, 3.8) is 0 Å². The van der Waals surface area contributed by atoms with Crippen molar-refractivity contribution in [3.8, 4) is 10.4 Å². The third-order valence-electron chi connectivity index (χ3n) is 2.94. The van der Waals surface area contributed by atoms with Crippen molar-refractivity contribution in [2.75, 3.05) is 7.05 Å². The van der Waals surface area contributed by atoms with Crippen molar-refractivity contribution >= 4 is 28.1 Å². The highest BCUT2D eigenvalue weighted by molar-refractivity contribution is 7.17. The third-order valence-corrected chi connectivity index (χ3v) is 4.08. The fourth-order valence-electron chi connectivity index (χ4n) is 1.97. The molecule has 1 amide bonds. The molecule has 0 fully saturated rings. The van der Waals surface area contributed by atoms with Crippen molar-refractivity contribution in [1.82, 2.24) is 10.3 Å². The van der Waals surface area contributed by atoms with E-state index in [1.54, 1.807) is 13.2 Å². The predicted molar refractivity (Wildman–Crippen MR) is 78.4 cm³/mol. The minimum atomic E-state index is -0.0429. The maximum absolute atomic E-state index is 11.6. The molecular formula is C15H12N2OS. The number of benzene rings is 1. The van der Waals surface area contributed by atoms with Gasteiger partial charge in [-0.25, -0.2) is 0 Å². The Kier molecular flexibility index (Phi) is 3.01. The summed E-state index contributed by atoms with van der Waals surface area (Å²) in [6.45, 7) is 0. The van der Waals surface area contributed by atoms with Gasteiger partial charge in [0.15, 0.2) is 0 Å². The molecule has 2 aromatic heterocycles. The molecule has 0 saturated heterocycles. The van der Waals surface area contributed by atoms with Crippen LogP contribution >= 0.6 is 11.3 Å². The molecule has 0 atom stereocenters. The van der Waals surface area contributed by atoms with Gasteiger partial charge < -0.3 is 5.32 Å². The van der Waals surface area contributed by atoms with E-state index in [0.29, 0.717) is 0 Å². The molecule has 1 N–H and O–H groups in total. The molecule has 0 aliphatic carbocycles. The summed E-state index contributed by atoms with van der Waals surface area (Å²) in [6.07, 6.45) is 1.79. The summed E-state index contributed by atoms with van der Waals surface area (Å²) < 4.78 is 0. The summed E-state index contributed by atoms with van der Waals surface area (Å²) in [5, 5.41) is 3.74. The van der Waals surface area contributed by atoms with Gasteiger partial charge in [0.05, 0.1) is 10.4 Å². The number of carbonyl (C=O) groups excluding carboxylic acids is 1. The van der Waals surface area contributed by atoms with Gasteiger partial charge in [-0.2, -0.15) is 0 Å². The average molecular weight is 268 g/mol. The molecule has 0 aliphatic heterocycles. The molecule has 3 rings (SSSR count). The van der Waals surface area contributed by atoms with Crippen LogP contribution < -0.4 is 5.32 Å². The first-order valence-electron chi connectivity index (χ1n) is 5.95. The van der Waals surface area contributed by atoms with Gasteiger partial charge in [-0.1, -0.05) is 12.1 Å². The van der Waals surface area contributed by atoms with Crippen LogP contribution in [0.2, 0.25) is 0 Å². The topological polar surface area (TPSA) is 42.0 Å². The van der Waals surface area contributed by atoms with E-state index in [2.05, 4.69) is 16.4 Å². The van der Waals surface area contributed by atoms with Crippen molar-refractivity contribution in [2.24, 2.45) is 0 Å². The Bertz CT molecular complexity index is 748. The second-order valence-electron chi connectivity index (χ2n) is 4.15. The Morgan fingerprint density at radius 1 is 1.21 bits per heavy atom. The van der Waals surface area contributed by atoms with E-state index < -0.39 is 0 Å². The number of aromatic nitrogens is 1. The van der Waals surface area contributed by atoms with Crippen LogP contribution in [-0.4, -0.2) is 17.9 Å². The Hall–Kier alpha value is -2.20. The Morgan fingerprint density at radius 3 is 2.95 bits per heavy atom. The number of thiophene rings is 1. The van der Waals surface area contributed by atoms with E-state index in [1.807, 2.05) is 36.4 Å². The average Bonchev–Trinajstić information content (AvgIpc) is 2.95. The van der Waals surface area contributed by atoms with Crippen LogP contribution in [0.25, 0.3) is 21.3 Å². The number of pyridine rings is 1. The molecule has 4 heteroatoms. The zero-order valence-corrected chi connectivity index (χ0v) is 11.2. The van der Waals surface area contributed by atoms with Gasteiger partial charge in [0, 0.05) is 23.5 Å². The number of amides is 1. The van der Waals surface area contributed by atoms with Gasteiger partial charge in [0.2, 0.25) is 0 Å². The lowest BCUT2D eigenvalue weighted by atomic mass is 10.1. The van der Waals surface area contributed by atoms with E-state index in [-0.39, 0.29) is 5.91 Å². The van der Waals surface area contributed by atoms with Crippen LogP contribution in [0.5, 0.6) is 0 Å². The monoisotopic (exact) mass is 268 g/mol. The van der Waals surface area contributed by atoms with Crippen LogP contribution in [0.3, 0.4) is 0 Å². The number of hydrogen-bond acceptors (Lipinski definition) is 3. The van der Waals surface area contributed by atoms with Gasteiger partial charge in [0.25, 0.3) is 5.91 Å². The standard InChI is InChI=1S/C15H12N2OS/c1-16-15(18)14-7-6-13(19-14)11-4-5-12-10(9-11)3-2-8-17-12/h2-9H,1H3,(H,16,18). The summed E-state index contributed by atoms with van der Waals surface area (Å²) in [5.41, 5.74) is 2.09. The van der Waals surface area contributed by atoms with Crippen molar-refractivity contribution in [2.45, 2.75) is 0 Å². The second-order valence-corrected chi connectivity index (χ2v) is 5.24. The molecule has 0 aliphatic rings. The summed E-state index contributed by atoms with van der Waals surface area (Å²) in [4.78, 5) is 17.7. The Balaban J connectivity index is 2.04. The zero-order valence-electron chi connectivity index (χ0n) is 10.4. The lowest BCUT2D eigenvalue weighted by Crippen LogP contribution is -2.15. The third kappa shape index (κ3) is 2.22. The molecule has 1 aromatic carbocycles. The number of hydrogen-bond donors (Lipinski definition) is 1. The van der Waals surface area contributed by atoms with Crippen molar-refractivity contribution in [1.29, 1.82) is 0 Å². The first-order chi connectivity index (χ1) is 9.28. The largest absolute Gasteiger partial charge is 0.354 e. The fraction of sp³-hybridized carbons (Fsp3) is 0.0667. The lowest BCUT2D eigenvalue weighted by Gasteiger charge is -2.00. The lowest BCUT2D eigenvalue weighted by molar-refractivity contribution is 0.0967. The van der Waals surface area contributed by atoms with Crippen LogP contribution in [0.15, 0.2) is 48.7 Å².